The van der Waals surface area contributed by atoms with Gasteiger partial charge in [0, 0.05) is 38.3 Å². The molecule has 0 aliphatic carbocycles. The van der Waals surface area contributed by atoms with Crippen molar-refractivity contribution in [2.45, 2.75) is 63.2 Å². The third-order valence-corrected chi connectivity index (χ3v) is 10.0. The van der Waals surface area contributed by atoms with Crippen LogP contribution in [0.5, 0.6) is 5.75 Å². The van der Waals surface area contributed by atoms with Gasteiger partial charge in [-0.2, -0.15) is 0 Å². The van der Waals surface area contributed by atoms with Crippen LogP contribution in [-0.2, 0) is 24.8 Å². The third kappa shape index (κ3) is 9.14. The van der Waals surface area contributed by atoms with Crippen LogP contribution in [0.2, 0.25) is 0 Å². The number of rotatable bonds is 8. The van der Waals surface area contributed by atoms with Crippen LogP contribution in [0, 0.1) is 5.92 Å². The zero-order valence-electron chi connectivity index (χ0n) is 24.9. The Morgan fingerprint density at radius 1 is 1.10 bits per heavy atom. The Balaban J connectivity index is 2.02. The van der Waals surface area contributed by atoms with Gasteiger partial charge in [-0.15, -0.1) is 0 Å². The molecule has 0 bridgehead atoms. The monoisotopic (exact) mass is 625 g/mol. The Labute approximate surface area is 249 Å². The fraction of sp³-hybridized carbons (Fsp3) is 0.552. The SMILES string of the molecule is C[C@H](CO)N1C[C@H](C)[C@@H](CN(C)S(C)(=O)=O)OCCCC[C@H](C)Oc2ccc(NS(=O)(=O)c3ccccc3)cc2C1=O. The van der Waals surface area contributed by atoms with Gasteiger partial charge in [0.2, 0.25) is 10.0 Å². The fourth-order valence-corrected chi connectivity index (χ4v) is 6.14. The fourth-order valence-electron chi connectivity index (χ4n) is 4.65. The smallest absolute Gasteiger partial charge is 0.261 e. The molecule has 2 N–H and O–H groups in total. The first-order chi connectivity index (χ1) is 19.7. The Bertz CT molecular complexity index is 1400. The molecule has 3 rings (SSSR count). The summed E-state index contributed by atoms with van der Waals surface area (Å²) in [6.45, 7) is 5.84. The van der Waals surface area contributed by atoms with Crippen LogP contribution in [0.4, 0.5) is 5.69 Å². The molecule has 1 amide bonds. The van der Waals surface area contributed by atoms with Crippen molar-refractivity contribution in [3.05, 3.63) is 54.1 Å². The second-order valence-corrected chi connectivity index (χ2v) is 14.7. The molecule has 0 fully saturated rings. The number of benzene rings is 2. The Hall–Kier alpha value is -2.71. The molecule has 2 aromatic rings. The number of nitrogens with zero attached hydrogens (tertiary/aromatic N) is 2. The highest BCUT2D eigenvalue weighted by molar-refractivity contribution is 7.92. The molecule has 0 unspecified atom stereocenters. The van der Waals surface area contributed by atoms with Crippen LogP contribution in [0.1, 0.15) is 50.4 Å². The van der Waals surface area contributed by atoms with Crippen LogP contribution in [0.25, 0.3) is 0 Å². The van der Waals surface area contributed by atoms with Crippen LogP contribution in [0.3, 0.4) is 0 Å². The van der Waals surface area contributed by atoms with Gasteiger partial charge in [-0.05, 0) is 63.4 Å². The maximum Gasteiger partial charge on any atom is 0.261 e. The number of carbonyl (C=O) groups excluding carboxylic acids is 1. The summed E-state index contributed by atoms with van der Waals surface area (Å²) in [5.74, 6) is -0.462. The van der Waals surface area contributed by atoms with E-state index >= 15 is 0 Å². The van der Waals surface area contributed by atoms with Crippen LogP contribution < -0.4 is 9.46 Å². The van der Waals surface area contributed by atoms with Crippen LogP contribution in [-0.4, -0.2) is 94.9 Å². The van der Waals surface area contributed by atoms with Gasteiger partial charge in [0.1, 0.15) is 5.75 Å². The summed E-state index contributed by atoms with van der Waals surface area (Å²) >= 11 is 0. The van der Waals surface area contributed by atoms with Gasteiger partial charge in [-0.25, -0.2) is 21.1 Å². The van der Waals surface area contributed by atoms with E-state index in [1.165, 1.54) is 34.5 Å². The molecule has 0 saturated heterocycles. The summed E-state index contributed by atoms with van der Waals surface area (Å²) in [6.07, 6.45) is 2.58. The quantitative estimate of drug-likeness (QED) is 0.456. The molecule has 0 radical (unpaired) electrons. The summed E-state index contributed by atoms with van der Waals surface area (Å²) in [5.41, 5.74) is 0.328. The molecule has 0 spiro atoms. The van der Waals surface area contributed by atoms with Crippen molar-refractivity contribution >= 4 is 31.6 Å². The van der Waals surface area contributed by atoms with E-state index in [2.05, 4.69) is 4.72 Å². The number of ether oxygens (including phenoxy) is 2. The van der Waals surface area contributed by atoms with E-state index in [1.807, 2.05) is 13.8 Å². The van der Waals surface area contributed by atoms with Gasteiger partial charge < -0.3 is 19.5 Å². The first-order valence-corrected chi connectivity index (χ1v) is 17.4. The molecule has 42 heavy (non-hydrogen) atoms. The predicted octanol–water partition coefficient (Wildman–Crippen LogP) is 3.17. The van der Waals surface area contributed by atoms with E-state index < -0.39 is 38.1 Å². The van der Waals surface area contributed by atoms with E-state index in [-0.39, 0.29) is 47.9 Å². The van der Waals surface area contributed by atoms with E-state index in [4.69, 9.17) is 9.47 Å². The van der Waals surface area contributed by atoms with E-state index in [0.717, 1.165) is 19.1 Å². The number of fused-ring (bicyclic) bond motifs is 1. The Morgan fingerprint density at radius 3 is 2.43 bits per heavy atom. The number of amides is 1. The minimum Gasteiger partial charge on any atom is -0.490 e. The lowest BCUT2D eigenvalue weighted by molar-refractivity contribution is -0.00828. The van der Waals surface area contributed by atoms with Crippen molar-refractivity contribution in [1.29, 1.82) is 0 Å². The number of carbonyl (C=O) groups is 1. The number of sulfonamides is 2. The molecule has 234 valence electrons. The first kappa shape index (κ1) is 33.8. The first-order valence-electron chi connectivity index (χ1n) is 14.1. The number of aliphatic hydroxyl groups is 1. The van der Waals surface area contributed by atoms with E-state index in [1.54, 1.807) is 37.3 Å². The lowest BCUT2D eigenvalue weighted by Gasteiger charge is -2.35. The number of hydrogen-bond acceptors (Lipinski definition) is 8. The van der Waals surface area contributed by atoms with Crippen molar-refractivity contribution < 1.29 is 36.2 Å². The maximum absolute atomic E-state index is 14.1. The summed E-state index contributed by atoms with van der Waals surface area (Å²) in [6, 6.07) is 11.9. The Kier molecular flexibility index (Phi) is 11.8. The zero-order chi connectivity index (χ0) is 31.1. The van der Waals surface area contributed by atoms with E-state index in [9.17, 15) is 26.7 Å². The van der Waals surface area contributed by atoms with Crippen molar-refractivity contribution in [3.63, 3.8) is 0 Å². The van der Waals surface area contributed by atoms with Gasteiger partial charge in [-0.1, -0.05) is 25.1 Å². The summed E-state index contributed by atoms with van der Waals surface area (Å²) in [7, 11) is -5.89. The zero-order valence-corrected chi connectivity index (χ0v) is 26.5. The van der Waals surface area contributed by atoms with Crippen LogP contribution in [0.15, 0.2) is 53.4 Å². The average molecular weight is 626 g/mol. The van der Waals surface area contributed by atoms with Crippen molar-refractivity contribution in [1.82, 2.24) is 9.21 Å². The molecule has 0 saturated carbocycles. The average Bonchev–Trinajstić information content (AvgIpc) is 2.94. The largest absolute Gasteiger partial charge is 0.490 e. The van der Waals surface area contributed by atoms with Gasteiger partial charge in [0.15, 0.2) is 0 Å². The molecular formula is C29H43N3O8S2. The number of aliphatic hydroxyl groups excluding tert-OH is 1. The molecule has 1 aliphatic rings. The normalized spacial score (nSPS) is 22.1. The minimum absolute atomic E-state index is 0.0794. The second-order valence-electron chi connectivity index (χ2n) is 11.0. The summed E-state index contributed by atoms with van der Waals surface area (Å²) < 4.78 is 66.4. The highest BCUT2D eigenvalue weighted by Crippen LogP contribution is 2.29. The maximum atomic E-state index is 14.1. The lowest BCUT2D eigenvalue weighted by Crippen LogP contribution is -2.47. The van der Waals surface area contributed by atoms with Gasteiger partial charge in [0.25, 0.3) is 15.9 Å². The lowest BCUT2D eigenvalue weighted by atomic mass is 10.0. The number of anilines is 1. The van der Waals surface area contributed by atoms with Crippen LogP contribution >= 0.6 is 0 Å². The van der Waals surface area contributed by atoms with Gasteiger partial charge in [-0.3, -0.25) is 9.52 Å². The van der Waals surface area contributed by atoms with Crippen molar-refractivity contribution in [2.24, 2.45) is 5.92 Å². The Morgan fingerprint density at radius 2 is 1.79 bits per heavy atom. The minimum atomic E-state index is -3.92. The summed E-state index contributed by atoms with van der Waals surface area (Å²) in [5, 5.41) is 10.1. The molecule has 1 aliphatic heterocycles. The number of nitrogens with one attached hydrogen (secondary N) is 1. The number of hydrogen-bond donors (Lipinski definition) is 2. The van der Waals surface area contributed by atoms with Crippen molar-refractivity contribution in [2.75, 3.05) is 44.3 Å². The molecule has 2 aromatic carbocycles. The molecule has 1 heterocycles. The molecule has 13 heteroatoms. The molecule has 0 aromatic heterocycles. The topological polar surface area (TPSA) is 143 Å². The van der Waals surface area contributed by atoms with E-state index in [0.29, 0.717) is 18.8 Å². The van der Waals surface area contributed by atoms with Crippen molar-refractivity contribution in [3.8, 4) is 5.75 Å². The highest BCUT2D eigenvalue weighted by Gasteiger charge is 2.31. The summed E-state index contributed by atoms with van der Waals surface area (Å²) in [4.78, 5) is 15.7. The highest BCUT2D eigenvalue weighted by atomic mass is 32.2. The molecule has 4 atom stereocenters. The predicted molar refractivity (Wildman–Crippen MR) is 162 cm³/mol. The third-order valence-electron chi connectivity index (χ3n) is 7.36. The standard InChI is InChI=1S/C29H43N3O8S2/c1-21-18-32(22(2)20-33)29(34)26-17-24(30-42(37,38)25-12-7-6-8-13-25)14-15-27(26)40-23(3)11-9-10-16-39-28(21)19-31(4)41(5,35)36/h6-8,12-15,17,21-23,28,30,33H,9-11,16,18-20H2,1-5H3/t21-,22+,23-,28+/m0/s1. The van der Waals surface area contributed by atoms with Gasteiger partial charge >= 0.3 is 0 Å². The molecular weight excluding hydrogens is 582 g/mol. The second kappa shape index (κ2) is 14.6. The molecule has 11 nitrogen and oxygen atoms in total. The number of likely N-dealkylation sites (N-methyl/N-ethyl adjacent to an activating group) is 1. The van der Waals surface area contributed by atoms with Gasteiger partial charge in [0.05, 0.1) is 41.6 Å².